The van der Waals surface area contributed by atoms with Crippen LogP contribution >= 0.6 is 0 Å². The van der Waals surface area contributed by atoms with Crippen molar-refractivity contribution in [2.75, 3.05) is 19.1 Å². The summed E-state index contributed by atoms with van der Waals surface area (Å²) in [6, 6.07) is 5.21. The molecule has 102 valence electrons. The minimum atomic E-state index is -0.494. The minimum Gasteiger partial charge on any atom is -0.497 e. The number of methoxy groups -OCH3 is 1. The molecule has 1 aromatic rings. The molecule has 1 atom stereocenters. The normalized spacial score (nSPS) is 16.7. The Bertz CT molecular complexity index is 526. The third-order valence-electron chi connectivity index (χ3n) is 3.06. The molecule has 0 saturated heterocycles. The molecule has 0 saturated carbocycles. The van der Waals surface area contributed by atoms with E-state index >= 15 is 0 Å². The number of ether oxygens (including phenoxy) is 1. The number of anilines is 1. The molecule has 1 unspecified atom stereocenters. The molecule has 0 aromatic heterocycles. The van der Waals surface area contributed by atoms with Gasteiger partial charge in [-0.15, -0.1) is 0 Å². The molecule has 7 nitrogen and oxygen atoms in total. The molecule has 7 heteroatoms. The molecule has 1 aliphatic heterocycles. The summed E-state index contributed by atoms with van der Waals surface area (Å²) < 4.78 is 5.16. The fourth-order valence-corrected chi connectivity index (χ4v) is 2.11. The maximum atomic E-state index is 11.9. The summed E-state index contributed by atoms with van der Waals surface area (Å²) in [5, 5.41) is 3.27. The van der Waals surface area contributed by atoms with E-state index in [2.05, 4.69) is 9.99 Å². The van der Waals surface area contributed by atoms with Gasteiger partial charge in [0.1, 0.15) is 11.8 Å². The van der Waals surface area contributed by atoms with E-state index in [-0.39, 0.29) is 5.96 Å². The monoisotopic (exact) mass is 264 g/mol. The molecule has 0 radical (unpaired) electrons. The van der Waals surface area contributed by atoms with Crippen molar-refractivity contribution in [3.8, 4) is 5.75 Å². The van der Waals surface area contributed by atoms with E-state index in [1.165, 1.54) is 0 Å². The maximum Gasteiger partial charge on any atom is 0.357 e. The van der Waals surface area contributed by atoms with Crippen LogP contribution in [0.15, 0.2) is 23.4 Å². The first-order valence-electron chi connectivity index (χ1n) is 5.72. The second kappa shape index (κ2) is 5.05. The molecule has 4 N–H and O–H groups in total. The number of carbonyl (C=O) groups excluding carboxylic acids is 1. The van der Waals surface area contributed by atoms with Crippen LogP contribution in [0, 0.1) is 0 Å². The number of nitrogens with zero attached hydrogens (tertiary/aromatic N) is 2. The average molecular weight is 264 g/mol. The average Bonchev–Trinajstić information content (AvgIpc) is 2.72. The summed E-state index contributed by atoms with van der Waals surface area (Å²) in [6.45, 7) is 0. The van der Waals surface area contributed by atoms with Crippen molar-refractivity contribution < 1.29 is 14.4 Å². The quantitative estimate of drug-likeness (QED) is 0.339. The van der Waals surface area contributed by atoms with Crippen molar-refractivity contribution in [3.63, 3.8) is 0 Å². The van der Waals surface area contributed by atoms with E-state index in [0.29, 0.717) is 6.42 Å². The van der Waals surface area contributed by atoms with E-state index in [9.17, 15) is 4.79 Å². The number of guanidine groups is 1. The van der Waals surface area contributed by atoms with Crippen LogP contribution in [0.25, 0.3) is 0 Å². The second-order valence-corrected chi connectivity index (χ2v) is 4.25. The second-order valence-electron chi connectivity index (χ2n) is 4.25. The predicted octanol–water partition coefficient (Wildman–Crippen LogP) is -0.212. The zero-order valence-corrected chi connectivity index (χ0v) is 10.8. The number of hydrogen-bond donors (Lipinski definition) is 2. The largest absolute Gasteiger partial charge is 0.497 e. The van der Waals surface area contributed by atoms with Crippen LogP contribution < -0.4 is 21.1 Å². The molecule has 1 aromatic carbocycles. The fraction of sp³-hybridized carbons (Fsp3) is 0.333. The van der Waals surface area contributed by atoms with E-state index in [0.717, 1.165) is 17.0 Å². The van der Waals surface area contributed by atoms with E-state index in [1.807, 2.05) is 30.1 Å². The lowest BCUT2D eigenvalue weighted by Gasteiger charge is -2.19. The van der Waals surface area contributed by atoms with Gasteiger partial charge < -0.3 is 25.9 Å². The van der Waals surface area contributed by atoms with Gasteiger partial charge in [-0.05, 0) is 28.9 Å². The van der Waals surface area contributed by atoms with Gasteiger partial charge in [-0.1, -0.05) is 0 Å². The van der Waals surface area contributed by atoms with Crippen LogP contribution in [0.1, 0.15) is 5.56 Å². The Kier molecular flexibility index (Phi) is 3.46. The number of hydrogen-bond acceptors (Lipinski definition) is 5. The van der Waals surface area contributed by atoms with Crippen LogP contribution in [0.3, 0.4) is 0 Å². The van der Waals surface area contributed by atoms with E-state index < -0.39 is 12.0 Å². The van der Waals surface area contributed by atoms with Gasteiger partial charge in [0.05, 0.1) is 7.11 Å². The summed E-state index contributed by atoms with van der Waals surface area (Å²) in [7, 11) is 3.42. The molecule has 1 aliphatic rings. The molecule has 1 heterocycles. The summed E-state index contributed by atoms with van der Waals surface area (Å²) in [4.78, 5) is 18.4. The highest BCUT2D eigenvalue weighted by molar-refractivity contribution is 5.85. The topological polar surface area (TPSA) is 103 Å². The molecular formula is C12H16N4O3. The van der Waals surface area contributed by atoms with Crippen LogP contribution in [-0.4, -0.2) is 32.1 Å². The molecule has 0 bridgehead atoms. The molecule has 0 spiro atoms. The summed E-state index contributed by atoms with van der Waals surface area (Å²) in [5.74, 6) is -0.0235. The molecule has 0 fully saturated rings. The lowest BCUT2D eigenvalue weighted by Crippen LogP contribution is -2.37. The van der Waals surface area contributed by atoms with Gasteiger partial charge >= 0.3 is 5.97 Å². The van der Waals surface area contributed by atoms with Crippen LogP contribution in [0.5, 0.6) is 5.75 Å². The number of rotatable bonds is 3. The van der Waals surface area contributed by atoms with E-state index in [1.54, 1.807) is 7.11 Å². The molecule has 19 heavy (non-hydrogen) atoms. The standard InChI is InChI=1S/C12H16N4O3/c1-16-9-4-3-8(18-2)5-7(9)6-10(16)11(17)19-15-12(13)14/h3-5,10H,6H2,1-2H3,(H4,13,14,15). The minimum absolute atomic E-state index is 0.284. The Morgan fingerprint density at radius 1 is 1.47 bits per heavy atom. The van der Waals surface area contributed by atoms with Gasteiger partial charge in [0, 0.05) is 19.2 Å². The number of fused-ring (bicyclic) bond motifs is 1. The van der Waals surface area contributed by atoms with Crippen molar-refractivity contribution >= 4 is 17.6 Å². The molecular weight excluding hydrogens is 248 g/mol. The van der Waals surface area contributed by atoms with Gasteiger partial charge in [0.15, 0.2) is 0 Å². The third kappa shape index (κ3) is 2.54. The zero-order valence-electron chi connectivity index (χ0n) is 10.8. The lowest BCUT2D eigenvalue weighted by atomic mass is 10.1. The van der Waals surface area contributed by atoms with Crippen molar-refractivity contribution in [1.82, 2.24) is 0 Å². The Hall–Kier alpha value is -2.44. The highest BCUT2D eigenvalue weighted by Gasteiger charge is 2.33. The van der Waals surface area contributed by atoms with Gasteiger partial charge in [-0.25, -0.2) is 4.79 Å². The highest BCUT2D eigenvalue weighted by Crippen LogP contribution is 2.33. The van der Waals surface area contributed by atoms with Crippen molar-refractivity contribution in [1.29, 1.82) is 0 Å². The number of benzene rings is 1. The van der Waals surface area contributed by atoms with Gasteiger partial charge in [0.25, 0.3) is 0 Å². The zero-order chi connectivity index (χ0) is 14.0. The third-order valence-corrected chi connectivity index (χ3v) is 3.06. The van der Waals surface area contributed by atoms with Gasteiger partial charge in [0.2, 0.25) is 5.96 Å². The van der Waals surface area contributed by atoms with Gasteiger partial charge in [-0.2, -0.15) is 0 Å². The Morgan fingerprint density at radius 3 is 2.84 bits per heavy atom. The highest BCUT2D eigenvalue weighted by atomic mass is 16.7. The molecule has 0 amide bonds. The lowest BCUT2D eigenvalue weighted by molar-refractivity contribution is -0.145. The van der Waals surface area contributed by atoms with Crippen LogP contribution in [0.4, 0.5) is 5.69 Å². The van der Waals surface area contributed by atoms with Gasteiger partial charge in [-0.3, -0.25) is 0 Å². The van der Waals surface area contributed by atoms with Crippen molar-refractivity contribution in [2.24, 2.45) is 16.6 Å². The maximum absolute atomic E-state index is 11.9. The Balaban J connectivity index is 2.16. The van der Waals surface area contributed by atoms with Crippen molar-refractivity contribution in [3.05, 3.63) is 23.8 Å². The summed E-state index contributed by atoms with van der Waals surface area (Å²) in [5.41, 5.74) is 12.2. The first kappa shape index (κ1) is 13.0. The molecule has 0 aliphatic carbocycles. The number of nitrogens with two attached hydrogens (primary N) is 2. The smallest absolute Gasteiger partial charge is 0.357 e. The van der Waals surface area contributed by atoms with Crippen LogP contribution in [-0.2, 0) is 16.1 Å². The first-order chi connectivity index (χ1) is 9.02. The number of oxime groups is 1. The molecule has 2 rings (SSSR count). The number of carbonyl (C=O) groups is 1. The summed E-state index contributed by atoms with van der Waals surface area (Å²) in [6.07, 6.45) is 0.530. The fourth-order valence-electron chi connectivity index (χ4n) is 2.11. The first-order valence-corrected chi connectivity index (χ1v) is 5.72. The van der Waals surface area contributed by atoms with Crippen LogP contribution in [0.2, 0.25) is 0 Å². The predicted molar refractivity (Wildman–Crippen MR) is 70.8 cm³/mol. The Morgan fingerprint density at radius 2 is 2.21 bits per heavy atom. The number of likely N-dealkylation sites (N-methyl/N-ethyl adjacent to an activating group) is 1. The Labute approximate surface area is 110 Å². The van der Waals surface area contributed by atoms with E-state index in [4.69, 9.17) is 16.2 Å². The SMILES string of the molecule is COc1ccc2c(c1)CC(C(=O)ON=C(N)N)N2C. The van der Waals surface area contributed by atoms with Crippen molar-refractivity contribution in [2.45, 2.75) is 12.5 Å². The summed E-state index contributed by atoms with van der Waals surface area (Å²) >= 11 is 0.